The van der Waals surface area contributed by atoms with Crippen LogP contribution in [0.4, 0.5) is 0 Å². The number of nitrogens with zero attached hydrogens (tertiary/aromatic N) is 1. The Hall–Kier alpha value is -1.81. The van der Waals surface area contributed by atoms with Gasteiger partial charge in [0.15, 0.2) is 5.78 Å². The molecule has 1 aliphatic heterocycles. The summed E-state index contributed by atoms with van der Waals surface area (Å²) in [6.07, 6.45) is 4.21. The Balaban J connectivity index is 2.30. The van der Waals surface area contributed by atoms with Crippen LogP contribution in [0.25, 0.3) is 5.57 Å². The molecule has 1 heterocycles. The van der Waals surface area contributed by atoms with Crippen LogP contribution in [0.3, 0.4) is 0 Å². The summed E-state index contributed by atoms with van der Waals surface area (Å²) >= 11 is 1.35. The summed E-state index contributed by atoms with van der Waals surface area (Å²) < 4.78 is 9.64. The topological polar surface area (TPSA) is 38.7 Å². The van der Waals surface area contributed by atoms with Gasteiger partial charge in [0.2, 0.25) is 5.90 Å². The highest BCUT2D eigenvalue weighted by molar-refractivity contribution is 7.98. The lowest BCUT2D eigenvalue weighted by Gasteiger charge is -2.14. The summed E-state index contributed by atoms with van der Waals surface area (Å²) in [6, 6.07) is 7.82. The van der Waals surface area contributed by atoms with Crippen LogP contribution in [-0.4, -0.2) is 18.8 Å². The maximum atomic E-state index is 12.2. The molecule has 0 atom stereocenters. The van der Waals surface area contributed by atoms with Gasteiger partial charge >= 0.3 is 0 Å². The quantitative estimate of drug-likeness (QED) is 0.670. The molecule has 0 fully saturated rings. The number of benzene rings is 1. The third-order valence-corrected chi connectivity index (χ3v) is 3.75. The minimum absolute atomic E-state index is 0.118. The molecular formula is C14H11NO2S. The van der Waals surface area contributed by atoms with Crippen molar-refractivity contribution < 1.29 is 9.53 Å². The van der Waals surface area contributed by atoms with Crippen molar-refractivity contribution in [1.29, 1.82) is 0 Å². The Morgan fingerprint density at radius 1 is 1.33 bits per heavy atom. The van der Waals surface area contributed by atoms with Crippen molar-refractivity contribution in [2.45, 2.75) is 11.3 Å². The summed E-state index contributed by atoms with van der Waals surface area (Å²) in [5, 5.41) is 0. The number of carbonyl (C=O) groups excluding carboxylic acids is 1. The van der Waals surface area contributed by atoms with E-state index in [1.54, 1.807) is 7.11 Å². The monoisotopic (exact) mass is 257 g/mol. The summed E-state index contributed by atoms with van der Waals surface area (Å²) in [4.78, 5) is 13.2. The highest BCUT2D eigenvalue weighted by Crippen LogP contribution is 2.37. The molecular weight excluding hydrogens is 246 g/mol. The number of Topliss-reactive ketones (excluding diaryl/α,β-unsaturated/α-hetero) is 1. The highest BCUT2D eigenvalue weighted by Gasteiger charge is 2.26. The first-order valence-electron chi connectivity index (χ1n) is 5.64. The van der Waals surface area contributed by atoms with E-state index in [1.165, 1.54) is 11.9 Å². The van der Waals surface area contributed by atoms with Gasteiger partial charge in [-0.2, -0.15) is 4.40 Å². The van der Waals surface area contributed by atoms with Gasteiger partial charge in [0.05, 0.1) is 7.11 Å². The van der Waals surface area contributed by atoms with E-state index in [0.29, 0.717) is 12.3 Å². The molecule has 1 aromatic carbocycles. The molecule has 0 spiro atoms. The van der Waals surface area contributed by atoms with Gasteiger partial charge in [0.1, 0.15) is 0 Å². The third-order valence-electron chi connectivity index (χ3n) is 2.94. The van der Waals surface area contributed by atoms with Gasteiger partial charge in [-0.1, -0.05) is 30.4 Å². The van der Waals surface area contributed by atoms with Gasteiger partial charge in [-0.15, -0.1) is 0 Å². The molecule has 90 valence electrons. The Morgan fingerprint density at radius 3 is 3.00 bits per heavy atom. The molecule has 4 heteroatoms. The van der Waals surface area contributed by atoms with E-state index in [-0.39, 0.29) is 5.78 Å². The zero-order chi connectivity index (χ0) is 12.5. The minimum Gasteiger partial charge on any atom is -0.480 e. The number of methoxy groups -OCH3 is 1. The summed E-state index contributed by atoms with van der Waals surface area (Å²) in [7, 11) is 1.58. The van der Waals surface area contributed by atoms with Crippen LogP contribution in [-0.2, 0) is 9.53 Å². The van der Waals surface area contributed by atoms with E-state index in [9.17, 15) is 4.79 Å². The van der Waals surface area contributed by atoms with Gasteiger partial charge in [-0.05, 0) is 6.07 Å². The second-order valence-corrected chi connectivity index (χ2v) is 4.81. The smallest absolute Gasteiger partial charge is 0.228 e. The van der Waals surface area contributed by atoms with Crippen LogP contribution in [0.15, 0.2) is 51.3 Å². The van der Waals surface area contributed by atoms with Gasteiger partial charge in [-0.25, -0.2) is 0 Å². The number of carbonyl (C=O) groups is 1. The lowest BCUT2D eigenvalue weighted by Crippen LogP contribution is -2.13. The average molecular weight is 257 g/mol. The fourth-order valence-electron chi connectivity index (χ4n) is 2.13. The predicted octanol–water partition coefficient (Wildman–Crippen LogP) is 3.03. The average Bonchev–Trinajstić information content (AvgIpc) is 2.56. The van der Waals surface area contributed by atoms with E-state index in [0.717, 1.165) is 21.6 Å². The largest absolute Gasteiger partial charge is 0.480 e. The SMILES string of the molecule is COC1=NSc2ccccc2C2=C1C=CCC2=O. The molecule has 0 saturated heterocycles. The lowest BCUT2D eigenvalue weighted by molar-refractivity contribution is -0.113. The van der Waals surface area contributed by atoms with E-state index in [2.05, 4.69) is 4.40 Å². The number of ketones is 1. The molecule has 1 aliphatic carbocycles. The Kier molecular flexibility index (Phi) is 2.80. The zero-order valence-electron chi connectivity index (χ0n) is 9.84. The second kappa shape index (κ2) is 4.46. The molecule has 0 saturated carbocycles. The van der Waals surface area contributed by atoms with Crippen LogP contribution >= 0.6 is 11.9 Å². The van der Waals surface area contributed by atoms with Crippen LogP contribution < -0.4 is 0 Å². The Labute approximate surface area is 109 Å². The van der Waals surface area contributed by atoms with Gasteiger partial charge < -0.3 is 4.74 Å². The first kappa shape index (κ1) is 11.3. The van der Waals surface area contributed by atoms with Crippen LogP contribution in [0, 0.1) is 0 Å². The molecule has 0 bridgehead atoms. The van der Waals surface area contributed by atoms with Crippen molar-refractivity contribution in [2.24, 2.45) is 4.40 Å². The number of ether oxygens (including phenoxy) is 1. The van der Waals surface area contributed by atoms with E-state index in [4.69, 9.17) is 4.74 Å². The van der Waals surface area contributed by atoms with Crippen molar-refractivity contribution in [3.05, 3.63) is 47.6 Å². The van der Waals surface area contributed by atoms with Crippen LogP contribution in [0.1, 0.15) is 12.0 Å². The molecule has 18 heavy (non-hydrogen) atoms. The fraction of sp³-hybridized carbons (Fsp3) is 0.143. The Morgan fingerprint density at radius 2 is 2.17 bits per heavy atom. The number of rotatable bonds is 0. The normalized spacial score (nSPS) is 17.8. The third kappa shape index (κ3) is 1.69. The van der Waals surface area contributed by atoms with Crippen molar-refractivity contribution in [3.63, 3.8) is 0 Å². The maximum absolute atomic E-state index is 12.2. The molecule has 0 N–H and O–H groups in total. The van der Waals surface area contributed by atoms with E-state index in [1.807, 2.05) is 36.4 Å². The van der Waals surface area contributed by atoms with E-state index < -0.39 is 0 Å². The highest BCUT2D eigenvalue weighted by atomic mass is 32.2. The summed E-state index contributed by atoms with van der Waals surface area (Å²) in [6.45, 7) is 0. The van der Waals surface area contributed by atoms with E-state index >= 15 is 0 Å². The molecule has 1 aromatic rings. The lowest BCUT2D eigenvalue weighted by atomic mass is 9.90. The second-order valence-electron chi connectivity index (χ2n) is 4.01. The number of allylic oxidation sites excluding steroid dienone is 2. The molecule has 0 unspecified atom stereocenters. The van der Waals surface area contributed by atoms with Crippen LogP contribution in [0.5, 0.6) is 0 Å². The van der Waals surface area contributed by atoms with Crippen LogP contribution in [0.2, 0.25) is 0 Å². The molecule has 2 aliphatic rings. The molecule has 0 radical (unpaired) electrons. The summed E-state index contributed by atoms with van der Waals surface area (Å²) in [5.74, 6) is 0.628. The maximum Gasteiger partial charge on any atom is 0.228 e. The fourth-order valence-corrected chi connectivity index (χ4v) is 2.89. The van der Waals surface area contributed by atoms with Gasteiger partial charge in [0, 0.05) is 40.0 Å². The molecule has 3 nitrogen and oxygen atoms in total. The van der Waals surface area contributed by atoms with Gasteiger partial charge in [-0.3, -0.25) is 4.79 Å². The predicted molar refractivity (Wildman–Crippen MR) is 72.4 cm³/mol. The number of hydrogen-bond acceptors (Lipinski definition) is 4. The van der Waals surface area contributed by atoms with Gasteiger partial charge in [0.25, 0.3) is 0 Å². The minimum atomic E-state index is 0.118. The number of fused-ring (bicyclic) bond motifs is 2. The van der Waals surface area contributed by atoms with Crippen molar-refractivity contribution in [2.75, 3.05) is 7.11 Å². The first-order chi connectivity index (χ1) is 8.81. The van der Waals surface area contributed by atoms with Crippen molar-refractivity contribution in [3.8, 4) is 0 Å². The number of hydrogen-bond donors (Lipinski definition) is 0. The molecule has 0 aromatic heterocycles. The Bertz CT molecular complexity index is 614. The van der Waals surface area contributed by atoms with Crippen molar-refractivity contribution in [1.82, 2.24) is 0 Å². The first-order valence-corrected chi connectivity index (χ1v) is 6.41. The molecule has 3 rings (SSSR count). The zero-order valence-corrected chi connectivity index (χ0v) is 10.7. The summed E-state index contributed by atoms with van der Waals surface area (Å²) in [5.41, 5.74) is 2.45. The molecule has 0 amide bonds. The standard InChI is InChI=1S/C14H11NO2S/c1-17-14-10-6-4-7-11(16)13(10)9-5-2-3-8-12(9)18-15-14/h2-6,8H,7H2,1H3. The van der Waals surface area contributed by atoms with Crippen molar-refractivity contribution >= 4 is 29.2 Å².